The van der Waals surface area contributed by atoms with Crippen LogP contribution in [0, 0.1) is 6.92 Å². The molecule has 0 spiro atoms. The van der Waals surface area contributed by atoms with Gasteiger partial charge in [0.15, 0.2) is 0 Å². The first-order valence-corrected chi connectivity index (χ1v) is 11.4. The van der Waals surface area contributed by atoms with Gasteiger partial charge in [0.2, 0.25) is 0 Å². The average molecular weight is 487 g/mol. The van der Waals surface area contributed by atoms with Crippen LogP contribution in [0.25, 0.3) is 16.7 Å². The van der Waals surface area contributed by atoms with Crippen molar-refractivity contribution in [2.45, 2.75) is 13.0 Å². The van der Waals surface area contributed by atoms with Crippen molar-refractivity contribution in [3.63, 3.8) is 0 Å². The van der Waals surface area contributed by atoms with Crippen LogP contribution in [-0.4, -0.2) is 28.5 Å². The zero-order chi connectivity index (χ0) is 24.9. The number of Topliss-reactive ketones (excluding diaryl/α,β-unsaturated/α-hetero) is 1. The molecule has 1 saturated heterocycles. The van der Waals surface area contributed by atoms with E-state index in [-0.39, 0.29) is 11.3 Å². The Balaban J connectivity index is 1.84. The number of anilines is 1. The fraction of sp³-hybridized carbons (Fsp3) is 0.143. The predicted octanol–water partition coefficient (Wildman–Crippen LogP) is 5.78. The number of ether oxygens (including phenoxy) is 1. The summed E-state index contributed by atoms with van der Waals surface area (Å²) in [7, 11) is 3.40. The van der Waals surface area contributed by atoms with Gasteiger partial charge in [-0.3, -0.25) is 14.5 Å². The second-order valence-corrected chi connectivity index (χ2v) is 9.00. The van der Waals surface area contributed by atoms with Crippen molar-refractivity contribution in [1.29, 1.82) is 0 Å². The second-order valence-electron chi connectivity index (χ2n) is 8.57. The molecule has 1 N–H and O–H groups in total. The Bertz CT molecular complexity index is 1540. The summed E-state index contributed by atoms with van der Waals surface area (Å²) in [5, 5.41) is 12.8. The SMILES string of the molecule is COc1ccc(C)cc1/C(O)=C1\C(=O)C(=O)N(c2cccc(Cl)c2)C1c1cn(C)c2ccccc12. The predicted molar refractivity (Wildman–Crippen MR) is 137 cm³/mol. The molecule has 1 unspecified atom stereocenters. The lowest BCUT2D eigenvalue weighted by Gasteiger charge is -2.25. The largest absolute Gasteiger partial charge is 0.507 e. The monoisotopic (exact) mass is 486 g/mol. The molecule has 0 aliphatic carbocycles. The maximum atomic E-state index is 13.5. The number of para-hydroxylation sites is 1. The van der Waals surface area contributed by atoms with E-state index < -0.39 is 17.7 Å². The van der Waals surface area contributed by atoms with Crippen molar-refractivity contribution in [1.82, 2.24) is 4.57 Å². The molecule has 1 aliphatic heterocycles. The fourth-order valence-electron chi connectivity index (χ4n) is 4.76. The second kappa shape index (κ2) is 8.64. The highest BCUT2D eigenvalue weighted by atomic mass is 35.5. The van der Waals surface area contributed by atoms with Crippen LogP contribution in [0.5, 0.6) is 5.75 Å². The first-order valence-electron chi connectivity index (χ1n) is 11.1. The van der Waals surface area contributed by atoms with E-state index in [9.17, 15) is 14.7 Å². The molecule has 2 heterocycles. The number of amides is 1. The molecule has 35 heavy (non-hydrogen) atoms. The number of aromatic nitrogens is 1. The number of fused-ring (bicyclic) bond motifs is 1. The highest BCUT2D eigenvalue weighted by Crippen LogP contribution is 2.45. The van der Waals surface area contributed by atoms with Crippen LogP contribution in [-0.2, 0) is 16.6 Å². The van der Waals surface area contributed by atoms with Crippen molar-refractivity contribution >= 4 is 45.6 Å². The van der Waals surface area contributed by atoms with Gasteiger partial charge < -0.3 is 14.4 Å². The Labute approximate surface area is 207 Å². The highest BCUT2D eigenvalue weighted by Gasteiger charge is 2.48. The van der Waals surface area contributed by atoms with Gasteiger partial charge in [0.05, 0.1) is 24.3 Å². The van der Waals surface area contributed by atoms with E-state index in [1.54, 1.807) is 36.4 Å². The van der Waals surface area contributed by atoms with Crippen molar-refractivity contribution in [3.05, 3.63) is 100 Å². The summed E-state index contributed by atoms with van der Waals surface area (Å²) in [5.74, 6) is -1.40. The molecule has 1 aliphatic rings. The standard InChI is InChI=1S/C28H23ClN2O4/c1-16-11-12-23(35-3)20(13-16)26(32)24-25(21-15-30(2)22-10-5-4-9-19(21)22)31(28(34)27(24)33)18-8-6-7-17(29)14-18/h4-15,25,32H,1-3H3/b26-24+. The zero-order valence-corrected chi connectivity index (χ0v) is 20.2. The first-order chi connectivity index (χ1) is 16.8. The lowest BCUT2D eigenvalue weighted by molar-refractivity contribution is -0.132. The van der Waals surface area contributed by atoms with Gasteiger partial charge in [-0.1, -0.05) is 47.5 Å². The number of ketones is 1. The molecule has 7 heteroatoms. The normalized spacial score (nSPS) is 17.4. The van der Waals surface area contributed by atoms with Crippen LogP contribution in [0.1, 0.15) is 22.7 Å². The minimum absolute atomic E-state index is 0.00442. The molecule has 0 bridgehead atoms. The van der Waals surface area contributed by atoms with Crippen LogP contribution >= 0.6 is 11.6 Å². The number of rotatable bonds is 4. The summed E-state index contributed by atoms with van der Waals surface area (Å²) in [6.07, 6.45) is 1.89. The molecule has 1 fully saturated rings. The van der Waals surface area contributed by atoms with Crippen LogP contribution in [0.15, 0.2) is 78.5 Å². The van der Waals surface area contributed by atoms with Gasteiger partial charge in [0.1, 0.15) is 11.5 Å². The molecule has 1 aromatic heterocycles. The molecule has 4 aromatic rings. The molecular weight excluding hydrogens is 464 g/mol. The number of carbonyl (C=O) groups is 2. The van der Waals surface area contributed by atoms with Crippen molar-refractivity contribution in [2.24, 2.45) is 7.05 Å². The van der Waals surface area contributed by atoms with E-state index in [1.165, 1.54) is 12.0 Å². The Hall–Kier alpha value is -4.03. The molecule has 3 aromatic carbocycles. The number of hydrogen-bond donors (Lipinski definition) is 1. The minimum Gasteiger partial charge on any atom is -0.507 e. The lowest BCUT2D eigenvalue weighted by atomic mass is 9.94. The highest BCUT2D eigenvalue weighted by molar-refractivity contribution is 6.52. The number of methoxy groups -OCH3 is 1. The summed E-state index contributed by atoms with van der Waals surface area (Å²) in [6.45, 7) is 1.88. The van der Waals surface area contributed by atoms with Crippen molar-refractivity contribution in [3.8, 4) is 5.75 Å². The third-order valence-electron chi connectivity index (χ3n) is 6.36. The molecule has 0 radical (unpaired) electrons. The zero-order valence-electron chi connectivity index (χ0n) is 19.4. The van der Waals surface area contributed by atoms with Gasteiger partial charge in [-0.15, -0.1) is 0 Å². The smallest absolute Gasteiger partial charge is 0.300 e. The molecule has 5 rings (SSSR count). The Morgan fingerprint density at radius 1 is 1.03 bits per heavy atom. The molecule has 176 valence electrons. The van der Waals surface area contributed by atoms with Crippen LogP contribution in [0.4, 0.5) is 5.69 Å². The third kappa shape index (κ3) is 3.67. The Kier molecular flexibility index (Phi) is 5.61. The molecular formula is C28H23ClN2O4. The van der Waals surface area contributed by atoms with Gasteiger partial charge in [-0.25, -0.2) is 0 Å². The van der Waals surface area contributed by atoms with E-state index in [4.69, 9.17) is 16.3 Å². The number of hydrogen-bond acceptors (Lipinski definition) is 4. The van der Waals surface area contributed by atoms with Gasteiger partial charge >= 0.3 is 0 Å². The summed E-state index contributed by atoms with van der Waals surface area (Å²) >= 11 is 6.25. The van der Waals surface area contributed by atoms with E-state index in [0.29, 0.717) is 22.0 Å². The first kappa shape index (κ1) is 22.7. The minimum atomic E-state index is -0.871. The maximum Gasteiger partial charge on any atom is 0.300 e. The maximum absolute atomic E-state index is 13.5. The number of carbonyl (C=O) groups excluding carboxylic acids is 2. The fourth-order valence-corrected chi connectivity index (χ4v) is 4.95. The lowest BCUT2D eigenvalue weighted by Crippen LogP contribution is -2.29. The summed E-state index contributed by atoms with van der Waals surface area (Å²) in [5.41, 5.74) is 3.34. The Morgan fingerprint density at radius 3 is 2.54 bits per heavy atom. The number of halogens is 1. The topological polar surface area (TPSA) is 71.8 Å². The number of aryl methyl sites for hydroxylation is 2. The summed E-state index contributed by atoms with van der Waals surface area (Å²) < 4.78 is 7.40. The third-order valence-corrected chi connectivity index (χ3v) is 6.60. The van der Waals surface area contributed by atoms with Gasteiger partial charge in [0, 0.05) is 40.4 Å². The number of benzene rings is 3. The van der Waals surface area contributed by atoms with E-state index in [0.717, 1.165) is 22.0 Å². The summed E-state index contributed by atoms with van der Waals surface area (Å²) in [4.78, 5) is 28.4. The van der Waals surface area contributed by atoms with Crippen LogP contribution < -0.4 is 9.64 Å². The van der Waals surface area contributed by atoms with Crippen molar-refractivity contribution < 1.29 is 19.4 Å². The van der Waals surface area contributed by atoms with E-state index in [2.05, 4.69) is 0 Å². The number of nitrogens with zero attached hydrogens (tertiary/aromatic N) is 2. The molecule has 0 saturated carbocycles. The molecule has 6 nitrogen and oxygen atoms in total. The number of aliphatic hydroxyl groups excluding tert-OH is 1. The average Bonchev–Trinajstić information content (AvgIpc) is 3.32. The Morgan fingerprint density at radius 2 is 1.80 bits per heavy atom. The van der Waals surface area contributed by atoms with Crippen molar-refractivity contribution in [2.75, 3.05) is 12.0 Å². The van der Waals surface area contributed by atoms with Crippen LogP contribution in [0.3, 0.4) is 0 Å². The van der Waals surface area contributed by atoms with Crippen LogP contribution in [0.2, 0.25) is 5.02 Å². The van der Waals surface area contributed by atoms with E-state index in [1.807, 2.05) is 55.1 Å². The molecule has 1 atom stereocenters. The van der Waals surface area contributed by atoms with Gasteiger partial charge in [0.25, 0.3) is 11.7 Å². The van der Waals surface area contributed by atoms with Gasteiger partial charge in [-0.2, -0.15) is 0 Å². The summed E-state index contributed by atoms with van der Waals surface area (Å²) in [6, 6.07) is 19.0. The molecule has 1 amide bonds. The number of aliphatic hydroxyl groups is 1. The quantitative estimate of drug-likeness (QED) is 0.225. The van der Waals surface area contributed by atoms with Gasteiger partial charge in [-0.05, 0) is 43.3 Å². The van der Waals surface area contributed by atoms with E-state index >= 15 is 0 Å².